The van der Waals surface area contributed by atoms with Gasteiger partial charge in [-0.1, -0.05) is 0 Å². The number of amides is 1. The molecule has 1 amide bonds. The van der Waals surface area contributed by atoms with Crippen LogP contribution >= 0.6 is 0 Å². The third-order valence-corrected chi connectivity index (χ3v) is 1.69. The zero-order valence-corrected chi connectivity index (χ0v) is 6.33. The molecule has 0 saturated carbocycles. The lowest BCUT2D eigenvalue weighted by molar-refractivity contribution is -0.114. The number of allylic oxidation sites excluding steroid dienone is 1. The summed E-state index contributed by atoms with van der Waals surface area (Å²) in [5.41, 5.74) is 0.192. The summed E-state index contributed by atoms with van der Waals surface area (Å²) in [6, 6.07) is 0. The number of aliphatic hydroxyl groups excluding tert-OH is 1. The molecule has 66 valence electrons. The lowest BCUT2D eigenvalue weighted by Gasteiger charge is -2.00. The van der Waals surface area contributed by atoms with Gasteiger partial charge in [-0.15, -0.1) is 0 Å². The summed E-state index contributed by atoms with van der Waals surface area (Å²) in [6.45, 7) is -0.0972. The zero-order valence-electron chi connectivity index (χ0n) is 6.33. The second-order valence-electron chi connectivity index (χ2n) is 2.51. The summed E-state index contributed by atoms with van der Waals surface area (Å²) in [5, 5.41) is 19.3. The van der Waals surface area contributed by atoms with Crippen molar-refractivity contribution in [1.82, 2.24) is 5.32 Å². The van der Waals surface area contributed by atoms with E-state index in [-0.39, 0.29) is 30.1 Å². The summed E-state index contributed by atoms with van der Waals surface area (Å²) in [5.74, 6) is -0.171. The predicted octanol–water partition coefficient (Wildman–Crippen LogP) is 0.429. The molecule has 3 N–H and O–H groups in total. The minimum Gasteiger partial charge on any atom is -0.512 e. The van der Waals surface area contributed by atoms with Crippen molar-refractivity contribution < 1.29 is 19.8 Å². The first-order chi connectivity index (χ1) is 5.61. The standard InChI is InChI=1S/C7H9NO4/c9-5-1-2-6(10)4(5)3-8-7(11)12/h8-9H,1-3H2,(H,11,12). The van der Waals surface area contributed by atoms with Gasteiger partial charge in [0.05, 0.1) is 12.1 Å². The molecule has 0 fully saturated rings. The minimum atomic E-state index is -1.20. The molecule has 1 aliphatic rings. The second kappa shape index (κ2) is 3.25. The van der Waals surface area contributed by atoms with Crippen LogP contribution in [0.4, 0.5) is 4.79 Å². The largest absolute Gasteiger partial charge is 0.512 e. The van der Waals surface area contributed by atoms with Gasteiger partial charge in [0.2, 0.25) is 0 Å². The molecule has 0 radical (unpaired) electrons. The maximum absolute atomic E-state index is 10.9. The fourth-order valence-corrected chi connectivity index (χ4v) is 1.06. The molecule has 5 nitrogen and oxygen atoms in total. The molecule has 0 saturated heterocycles. The van der Waals surface area contributed by atoms with Gasteiger partial charge in [0.25, 0.3) is 0 Å². The molecular formula is C7H9NO4. The SMILES string of the molecule is O=C(O)NCC1=C(O)CCC1=O. The third kappa shape index (κ3) is 1.75. The highest BCUT2D eigenvalue weighted by molar-refractivity contribution is 5.98. The lowest BCUT2D eigenvalue weighted by atomic mass is 10.2. The Labute approximate surface area is 68.7 Å². The van der Waals surface area contributed by atoms with E-state index in [0.29, 0.717) is 6.42 Å². The first-order valence-corrected chi connectivity index (χ1v) is 3.52. The Morgan fingerprint density at radius 3 is 2.58 bits per heavy atom. The Hall–Kier alpha value is -1.52. The van der Waals surface area contributed by atoms with Crippen molar-refractivity contribution in [2.24, 2.45) is 0 Å². The number of hydrogen-bond donors (Lipinski definition) is 3. The summed E-state index contributed by atoms with van der Waals surface area (Å²) >= 11 is 0. The number of carboxylic acid groups (broad SMARTS) is 1. The quantitative estimate of drug-likeness (QED) is 0.562. The maximum atomic E-state index is 10.9. The number of aliphatic hydroxyl groups is 1. The molecule has 0 atom stereocenters. The van der Waals surface area contributed by atoms with E-state index in [2.05, 4.69) is 0 Å². The zero-order chi connectivity index (χ0) is 9.14. The molecule has 0 aliphatic heterocycles. The van der Waals surface area contributed by atoms with E-state index in [4.69, 9.17) is 10.2 Å². The van der Waals surface area contributed by atoms with Crippen LogP contribution in [0.1, 0.15) is 12.8 Å². The van der Waals surface area contributed by atoms with Crippen molar-refractivity contribution in [3.63, 3.8) is 0 Å². The van der Waals surface area contributed by atoms with Crippen molar-refractivity contribution in [2.45, 2.75) is 12.8 Å². The molecule has 0 bridgehead atoms. The van der Waals surface area contributed by atoms with E-state index in [1.165, 1.54) is 0 Å². The molecule has 0 aromatic carbocycles. The fraction of sp³-hybridized carbons (Fsp3) is 0.429. The number of hydrogen-bond acceptors (Lipinski definition) is 3. The number of carbonyl (C=O) groups is 2. The highest BCUT2D eigenvalue weighted by Crippen LogP contribution is 2.19. The molecule has 12 heavy (non-hydrogen) atoms. The Kier molecular flexibility index (Phi) is 2.32. The van der Waals surface area contributed by atoms with Crippen LogP contribution in [-0.2, 0) is 4.79 Å². The molecule has 0 spiro atoms. The molecular weight excluding hydrogens is 162 g/mol. The number of Topliss-reactive ketones (excluding diaryl/α,β-unsaturated/α-hetero) is 1. The maximum Gasteiger partial charge on any atom is 0.404 e. The number of carbonyl (C=O) groups excluding carboxylic acids is 1. The summed E-state index contributed by atoms with van der Waals surface area (Å²) in [6.07, 6.45) is -0.590. The molecule has 0 aromatic rings. The van der Waals surface area contributed by atoms with E-state index < -0.39 is 6.09 Å². The number of nitrogens with one attached hydrogen (secondary N) is 1. The second-order valence-corrected chi connectivity index (χ2v) is 2.51. The van der Waals surface area contributed by atoms with Gasteiger partial charge < -0.3 is 15.5 Å². The van der Waals surface area contributed by atoms with Gasteiger partial charge in [0.15, 0.2) is 5.78 Å². The van der Waals surface area contributed by atoms with E-state index in [1.807, 2.05) is 5.32 Å². The summed E-state index contributed by atoms with van der Waals surface area (Å²) in [7, 11) is 0. The number of rotatable bonds is 2. The van der Waals surface area contributed by atoms with Gasteiger partial charge in [0.1, 0.15) is 5.76 Å². The van der Waals surface area contributed by atoms with Gasteiger partial charge in [-0.05, 0) is 0 Å². The van der Waals surface area contributed by atoms with Crippen LogP contribution in [0.3, 0.4) is 0 Å². The highest BCUT2D eigenvalue weighted by Gasteiger charge is 2.22. The molecule has 0 aromatic heterocycles. The monoisotopic (exact) mass is 171 g/mol. The van der Waals surface area contributed by atoms with Crippen molar-refractivity contribution in [3.8, 4) is 0 Å². The van der Waals surface area contributed by atoms with Gasteiger partial charge in [-0.3, -0.25) is 4.79 Å². The molecule has 1 aliphatic carbocycles. The van der Waals surface area contributed by atoms with Crippen LogP contribution in [-0.4, -0.2) is 28.6 Å². The van der Waals surface area contributed by atoms with Gasteiger partial charge in [0, 0.05) is 12.8 Å². The summed E-state index contributed by atoms with van der Waals surface area (Å²) in [4.78, 5) is 21.0. The Morgan fingerprint density at radius 2 is 2.17 bits per heavy atom. The molecule has 1 rings (SSSR count). The molecule has 5 heteroatoms. The van der Waals surface area contributed by atoms with Crippen LogP contribution in [0.15, 0.2) is 11.3 Å². The average molecular weight is 171 g/mol. The Morgan fingerprint density at radius 1 is 1.50 bits per heavy atom. The van der Waals surface area contributed by atoms with E-state index in [1.54, 1.807) is 0 Å². The lowest BCUT2D eigenvalue weighted by Crippen LogP contribution is -2.25. The van der Waals surface area contributed by atoms with Crippen molar-refractivity contribution in [1.29, 1.82) is 0 Å². The third-order valence-electron chi connectivity index (χ3n) is 1.69. The van der Waals surface area contributed by atoms with Gasteiger partial charge >= 0.3 is 6.09 Å². The smallest absolute Gasteiger partial charge is 0.404 e. The summed E-state index contributed by atoms with van der Waals surface area (Å²) < 4.78 is 0. The van der Waals surface area contributed by atoms with Gasteiger partial charge in [-0.25, -0.2) is 4.79 Å². The van der Waals surface area contributed by atoms with E-state index in [9.17, 15) is 9.59 Å². The Bertz CT molecular complexity index is 256. The van der Waals surface area contributed by atoms with Crippen LogP contribution in [0.25, 0.3) is 0 Å². The average Bonchev–Trinajstić information content (AvgIpc) is 2.28. The fourth-order valence-electron chi connectivity index (χ4n) is 1.06. The first-order valence-electron chi connectivity index (χ1n) is 3.52. The van der Waals surface area contributed by atoms with Crippen LogP contribution in [0, 0.1) is 0 Å². The van der Waals surface area contributed by atoms with Crippen LogP contribution < -0.4 is 5.32 Å². The van der Waals surface area contributed by atoms with Crippen molar-refractivity contribution in [3.05, 3.63) is 11.3 Å². The highest BCUT2D eigenvalue weighted by atomic mass is 16.4. The normalized spacial score (nSPS) is 16.8. The topological polar surface area (TPSA) is 86.6 Å². The minimum absolute atomic E-state index is 0.00810. The van der Waals surface area contributed by atoms with Crippen LogP contribution in [0.5, 0.6) is 0 Å². The molecule has 0 unspecified atom stereocenters. The van der Waals surface area contributed by atoms with Crippen molar-refractivity contribution >= 4 is 11.9 Å². The predicted molar refractivity (Wildman–Crippen MR) is 39.9 cm³/mol. The van der Waals surface area contributed by atoms with E-state index in [0.717, 1.165) is 0 Å². The van der Waals surface area contributed by atoms with Crippen LogP contribution in [0.2, 0.25) is 0 Å². The number of ketones is 1. The van der Waals surface area contributed by atoms with Crippen molar-refractivity contribution in [2.75, 3.05) is 6.54 Å². The Balaban J connectivity index is 2.56. The van der Waals surface area contributed by atoms with Gasteiger partial charge in [-0.2, -0.15) is 0 Å². The molecule has 0 heterocycles. The first kappa shape index (κ1) is 8.58. The van der Waals surface area contributed by atoms with E-state index >= 15 is 0 Å².